The average Bonchev–Trinajstić information content (AvgIpc) is 2.93. The molecule has 1 aliphatic rings. The van der Waals surface area contributed by atoms with Crippen molar-refractivity contribution in [2.45, 2.75) is 44.6 Å². The normalized spacial score (nSPS) is 14.2. The van der Waals surface area contributed by atoms with Gasteiger partial charge in [0.25, 0.3) is 5.56 Å². The molecule has 1 heterocycles. The van der Waals surface area contributed by atoms with Crippen molar-refractivity contribution in [2.24, 2.45) is 5.10 Å². The zero-order chi connectivity index (χ0) is 27.5. The summed E-state index contributed by atoms with van der Waals surface area (Å²) in [5, 5.41) is 17.5. The fraction of sp³-hybridized carbons (Fsp3) is 0.250. The second-order valence-corrected chi connectivity index (χ2v) is 11.6. The van der Waals surface area contributed by atoms with E-state index in [-0.39, 0.29) is 29.5 Å². The summed E-state index contributed by atoms with van der Waals surface area (Å²) in [5.41, 5.74) is 1.23. The largest absolute Gasteiger partial charge is 0.481 e. The van der Waals surface area contributed by atoms with Crippen molar-refractivity contribution < 1.29 is 9.66 Å². The maximum Gasteiger partial charge on any atom is 0.312 e. The molecule has 0 aliphatic heterocycles. The Bertz CT molecular complexity index is 1630. The van der Waals surface area contributed by atoms with Gasteiger partial charge in [0, 0.05) is 31.5 Å². The van der Waals surface area contributed by atoms with Crippen molar-refractivity contribution in [1.29, 1.82) is 0 Å². The molecule has 4 aromatic rings. The number of hydrogen-bond acceptors (Lipinski definition) is 6. The summed E-state index contributed by atoms with van der Waals surface area (Å²) in [7, 11) is 0. The molecule has 11 heteroatoms. The molecule has 3 aromatic carbocycles. The second kappa shape index (κ2) is 12.0. The van der Waals surface area contributed by atoms with Crippen LogP contribution in [0, 0.1) is 10.1 Å². The smallest absolute Gasteiger partial charge is 0.312 e. The van der Waals surface area contributed by atoms with Crippen molar-refractivity contribution >= 4 is 66.3 Å². The third-order valence-electron chi connectivity index (χ3n) is 6.67. The first-order valence-electron chi connectivity index (χ1n) is 12.4. The lowest BCUT2D eigenvalue weighted by atomic mass is 9.88. The number of nitrogens with zero attached hydrogens (tertiary/aromatic N) is 4. The third kappa shape index (κ3) is 6.23. The van der Waals surface area contributed by atoms with E-state index >= 15 is 0 Å². The van der Waals surface area contributed by atoms with Gasteiger partial charge in [-0.05, 0) is 54.8 Å². The van der Waals surface area contributed by atoms with E-state index in [1.54, 1.807) is 36.4 Å². The lowest BCUT2D eigenvalue weighted by Gasteiger charge is -2.22. The lowest BCUT2D eigenvalue weighted by Crippen LogP contribution is -2.25. The Balaban J connectivity index is 1.61. The zero-order valence-corrected chi connectivity index (χ0v) is 24.6. The minimum atomic E-state index is -0.506. The van der Waals surface area contributed by atoms with Crippen molar-refractivity contribution in [3.8, 4) is 5.75 Å². The van der Waals surface area contributed by atoms with Crippen LogP contribution in [0.5, 0.6) is 5.75 Å². The van der Waals surface area contributed by atoms with E-state index in [1.165, 1.54) is 17.0 Å². The monoisotopic (exact) mass is 672 g/mol. The van der Waals surface area contributed by atoms with E-state index < -0.39 is 4.92 Å². The van der Waals surface area contributed by atoms with Gasteiger partial charge in [-0.25, -0.2) is 4.98 Å². The highest BCUT2D eigenvalue weighted by molar-refractivity contribution is 9.10. The molecule has 0 amide bonds. The van der Waals surface area contributed by atoms with Crippen molar-refractivity contribution in [3.63, 3.8) is 0 Å². The van der Waals surface area contributed by atoms with Gasteiger partial charge in [0.2, 0.25) is 5.75 Å². The molecule has 5 rings (SSSR count). The molecule has 0 spiro atoms. The predicted molar refractivity (Wildman–Crippen MR) is 159 cm³/mol. The first-order valence-corrected chi connectivity index (χ1v) is 14.4. The highest BCUT2D eigenvalue weighted by Gasteiger charge is 2.24. The summed E-state index contributed by atoms with van der Waals surface area (Å²) in [6.07, 6.45) is 6.53. The summed E-state index contributed by atoms with van der Waals surface area (Å²) >= 11 is 12.8. The topological polar surface area (TPSA) is 99.6 Å². The molecule has 200 valence electrons. The van der Waals surface area contributed by atoms with Gasteiger partial charge >= 0.3 is 5.69 Å². The number of nitro benzene ring substituents is 1. The number of halogens is 3. The molecule has 0 atom stereocenters. The van der Waals surface area contributed by atoms with Crippen LogP contribution < -0.4 is 10.3 Å². The molecular formula is C28H23Br2ClN4O4. The van der Waals surface area contributed by atoms with Gasteiger partial charge < -0.3 is 4.74 Å². The molecule has 1 fully saturated rings. The number of nitro groups is 1. The maximum atomic E-state index is 13.7. The summed E-state index contributed by atoms with van der Waals surface area (Å²) in [6.45, 7) is 0.0826. The van der Waals surface area contributed by atoms with Crippen LogP contribution in [-0.4, -0.2) is 20.8 Å². The summed E-state index contributed by atoms with van der Waals surface area (Å²) in [5.74, 6) is 0.735. The van der Waals surface area contributed by atoms with E-state index in [0.29, 0.717) is 31.8 Å². The molecule has 0 N–H and O–H groups in total. The Morgan fingerprint density at radius 3 is 2.54 bits per heavy atom. The van der Waals surface area contributed by atoms with Crippen LogP contribution in [0.1, 0.15) is 55.0 Å². The Kier molecular flexibility index (Phi) is 8.44. The Labute approximate surface area is 246 Å². The van der Waals surface area contributed by atoms with Gasteiger partial charge in [-0.15, -0.1) is 0 Å². The summed E-state index contributed by atoms with van der Waals surface area (Å²) in [6, 6.07) is 15.5. The van der Waals surface area contributed by atoms with Crippen molar-refractivity contribution in [2.75, 3.05) is 0 Å². The molecule has 0 saturated heterocycles. The lowest BCUT2D eigenvalue weighted by molar-refractivity contribution is -0.386. The molecule has 0 unspecified atom stereocenters. The van der Waals surface area contributed by atoms with Crippen LogP contribution in [0.3, 0.4) is 0 Å². The molecule has 8 nitrogen and oxygen atoms in total. The standard InChI is InChI=1S/C28H23Br2ClN4O4/c29-20-8-11-24-23(13-20)28(36)34(27(33-24)18-4-2-1-3-5-18)32-15-19-12-21(30)14-25(35(37)38)26(19)39-16-17-6-9-22(31)10-7-17/h6-15,18H,1-5,16H2. The van der Waals surface area contributed by atoms with Crippen LogP contribution >= 0.6 is 43.5 Å². The van der Waals surface area contributed by atoms with E-state index in [9.17, 15) is 14.9 Å². The van der Waals surface area contributed by atoms with Gasteiger partial charge in [0.1, 0.15) is 12.4 Å². The molecule has 0 bridgehead atoms. The predicted octanol–water partition coefficient (Wildman–Crippen LogP) is 7.99. The number of hydrogen-bond donors (Lipinski definition) is 0. The number of fused-ring (bicyclic) bond motifs is 1. The van der Waals surface area contributed by atoms with Crippen LogP contribution in [-0.2, 0) is 6.61 Å². The first-order chi connectivity index (χ1) is 18.8. The van der Waals surface area contributed by atoms with Crippen molar-refractivity contribution in [3.05, 3.63) is 106 Å². The summed E-state index contributed by atoms with van der Waals surface area (Å²) in [4.78, 5) is 29.9. The van der Waals surface area contributed by atoms with Gasteiger partial charge in [-0.3, -0.25) is 14.9 Å². The maximum absolute atomic E-state index is 13.7. The van der Waals surface area contributed by atoms with Gasteiger partial charge in [0.15, 0.2) is 0 Å². The quantitative estimate of drug-likeness (QED) is 0.112. The first kappa shape index (κ1) is 27.5. The van der Waals surface area contributed by atoms with Crippen LogP contribution in [0.25, 0.3) is 10.9 Å². The van der Waals surface area contributed by atoms with E-state index in [0.717, 1.165) is 42.1 Å². The minimum Gasteiger partial charge on any atom is -0.481 e. The fourth-order valence-electron chi connectivity index (χ4n) is 4.75. The van der Waals surface area contributed by atoms with Gasteiger partial charge in [-0.2, -0.15) is 9.78 Å². The Morgan fingerprint density at radius 2 is 1.82 bits per heavy atom. The van der Waals surface area contributed by atoms with Crippen LogP contribution in [0.4, 0.5) is 5.69 Å². The Hall–Kier alpha value is -3.08. The third-order valence-corrected chi connectivity index (χ3v) is 7.88. The van der Waals surface area contributed by atoms with Crippen LogP contribution in [0.2, 0.25) is 5.02 Å². The highest BCUT2D eigenvalue weighted by Crippen LogP contribution is 2.35. The molecule has 1 aromatic heterocycles. The van der Waals surface area contributed by atoms with Crippen LogP contribution in [0.15, 0.2) is 73.4 Å². The number of aromatic nitrogens is 2. The number of ether oxygens (including phenoxy) is 1. The van der Waals surface area contributed by atoms with E-state index in [2.05, 4.69) is 37.0 Å². The Morgan fingerprint density at radius 1 is 1.08 bits per heavy atom. The van der Waals surface area contributed by atoms with Gasteiger partial charge in [0.05, 0.1) is 22.0 Å². The van der Waals surface area contributed by atoms with E-state index in [4.69, 9.17) is 21.3 Å². The van der Waals surface area contributed by atoms with E-state index in [1.807, 2.05) is 12.1 Å². The molecule has 0 radical (unpaired) electrons. The molecular weight excluding hydrogens is 652 g/mol. The SMILES string of the molecule is O=c1c2cc(Br)ccc2nc(C2CCCCC2)n1N=Cc1cc(Br)cc([N+](=O)[O-])c1OCc1ccc(Cl)cc1. The molecule has 1 aliphatic carbocycles. The summed E-state index contributed by atoms with van der Waals surface area (Å²) < 4.78 is 8.53. The number of rotatable bonds is 7. The minimum absolute atomic E-state index is 0.0469. The van der Waals surface area contributed by atoms with Crippen molar-refractivity contribution in [1.82, 2.24) is 9.66 Å². The second-order valence-electron chi connectivity index (χ2n) is 9.34. The number of benzene rings is 3. The molecule has 39 heavy (non-hydrogen) atoms. The highest BCUT2D eigenvalue weighted by atomic mass is 79.9. The molecule has 1 saturated carbocycles. The van der Waals surface area contributed by atoms with Gasteiger partial charge in [-0.1, -0.05) is 74.9 Å². The zero-order valence-electron chi connectivity index (χ0n) is 20.6. The average molecular weight is 675 g/mol. The fourth-order valence-corrected chi connectivity index (χ4v) is 5.70.